The second-order valence-electron chi connectivity index (χ2n) is 16.9. The molecule has 2 saturated carbocycles. The highest BCUT2D eigenvalue weighted by molar-refractivity contribution is 7.93. The number of nitrogens with one attached hydrogen (secondary N) is 1. The number of esters is 1. The lowest BCUT2D eigenvalue weighted by Crippen LogP contribution is -2.55. The number of likely N-dealkylation sites (tertiary alicyclic amines) is 1. The predicted octanol–water partition coefficient (Wildman–Crippen LogP) is 5.15. The number of nitrogens with zero attached hydrogens (tertiary/aromatic N) is 3. The van der Waals surface area contributed by atoms with Crippen molar-refractivity contribution in [3.8, 4) is 17.0 Å². The molecule has 3 aromatic rings. The van der Waals surface area contributed by atoms with E-state index in [0.717, 1.165) is 5.56 Å². The lowest BCUT2D eigenvalue weighted by molar-refractivity contribution is -0.161. The zero-order valence-electron chi connectivity index (χ0n) is 32.0. The second kappa shape index (κ2) is 14.2. The van der Waals surface area contributed by atoms with E-state index in [1.165, 1.54) is 4.90 Å². The summed E-state index contributed by atoms with van der Waals surface area (Å²) in [5.41, 5.74) is -0.125. The first-order valence-corrected chi connectivity index (χ1v) is 20.1. The average Bonchev–Trinajstić information content (AvgIpc) is 3.99. The van der Waals surface area contributed by atoms with E-state index in [9.17, 15) is 27.6 Å². The number of carbonyl (C=O) groups is 4. The Hall–Kier alpha value is -4.59. The van der Waals surface area contributed by atoms with Crippen LogP contribution in [-0.2, 0) is 33.8 Å². The fraction of sp³-hybridized carbons (Fsp3) is 0.550. The molecule has 2 aromatic heterocycles. The van der Waals surface area contributed by atoms with Gasteiger partial charge in [0.1, 0.15) is 40.2 Å². The van der Waals surface area contributed by atoms with E-state index in [1.807, 2.05) is 51.1 Å². The van der Waals surface area contributed by atoms with Crippen molar-refractivity contribution in [2.75, 3.05) is 12.3 Å². The Morgan fingerprint density at radius 3 is 2.39 bits per heavy atom. The first kappa shape index (κ1) is 39.1. The monoisotopic (exact) mass is 762 g/mol. The summed E-state index contributed by atoms with van der Waals surface area (Å²) in [6.07, 6.45) is 1.85. The number of ketones is 1. The van der Waals surface area contributed by atoms with E-state index in [1.54, 1.807) is 39.8 Å². The van der Waals surface area contributed by atoms with Crippen LogP contribution in [-0.4, -0.2) is 87.9 Å². The molecule has 3 aliphatic rings. The van der Waals surface area contributed by atoms with Gasteiger partial charge in [0.15, 0.2) is 21.4 Å². The van der Waals surface area contributed by atoms with Crippen molar-refractivity contribution in [3.63, 3.8) is 0 Å². The van der Waals surface area contributed by atoms with Crippen molar-refractivity contribution in [1.29, 1.82) is 0 Å². The minimum atomic E-state index is -3.66. The molecule has 14 heteroatoms. The highest BCUT2D eigenvalue weighted by atomic mass is 32.2. The Morgan fingerprint density at radius 2 is 1.80 bits per heavy atom. The summed E-state index contributed by atoms with van der Waals surface area (Å²) in [5.74, 6) is -3.92. The third-order valence-electron chi connectivity index (χ3n) is 10.4. The fourth-order valence-electron chi connectivity index (χ4n) is 7.18. The van der Waals surface area contributed by atoms with Gasteiger partial charge in [-0.2, -0.15) is 0 Å². The number of benzene rings is 1. The number of aromatic nitrogens is 2. The number of pyridine rings is 1. The molecule has 1 aliphatic heterocycles. The van der Waals surface area contributed by atoms with Crippen LogP contribution in [0.25, 0.3) is 22.4 Å². The summed E-state index contributed by atoms with van der Waals surface area (Å²) < 4.78 is 43.5. The lowest BCUT2D eigenvalue weighted by Gasteiger charge is -2.35. The van der Waals surface area contributed by atoms with Crippen molar-refractivity contribution in [2.24, 2.45) is 17.3 Å². The molecule has 3 fully saturated rings. The van der Waals surface area contributed by atoms with Crippen molar-refractivity contribution in [1.82, 2.24) is 20.4 Å². The standard InChI is InChI=1S/C40H50N4O9S/c1-9-25-20-40(25,32(45)22-54(49,50)27-15-16-27)42-36(47)30-17-26(21-44(30)37(48)28(38(3,4)5)18-33(46)52-39(6,7)8)51-31-19-29(24-13-11-10-12-14-24)41-34-23(2)43-53-35(31)34/h9-14,19,25-28,30H,1,15-18,20-22H2,2-8H3,(H,42,47)/t25-,26-,28-,30+,40-/m1/s1. The molecule has 2 amide bonds. The van der Waals surface area contributed by atoms with E-state index >= 15 is 0 Å². The molecule has 0 spiro atoms. The van der Waals surface area contributed by atoms with Crippen LogP contribution in [0.5, 0.6) is 5.75 Å². The summed E-state index contributed by atoms with van der Waals surface area (Å²) in [6.45, 7) is 16.3. The number of aryl methyl sites for hydroxylation is 1. The molecule has 6 rings (SSSR count). The van der Waals surface area contributed by atoms with Gasteiger partial charge < -0.3 is 24.2 Å². The SMILES string of the molecule is C=C[C@@H]1C[C@]1(NC(=O)[C@@H]1C[C@@H](Oc2cc(-c3ccccc3)nc3c(C)noc23)CN1C(=O)[C@@H](CC(=O)OC(C)(C)C)C(C)(C)C)C(=O)CS(=O)(=O)C1CC1. The molecule has 1 N–H and O–H groups in total. The highest BCUT2D eigenvalue weighted by Gasteiger charge is 2.61. The minimum absolute atomic E-state index is 0.0296. The van der Waals surface area contributed by atoms with E-state index < -0.39 is 84.9 Å². The lowest BCUT2D eigenvalue weighted by atomic mass is 9.77. The first-order chi connectivity index (χ1) is 25.2. The number of carbonyl (C=O) groups excluding carboxylic acids is 4. The summed E-state index contributed by atoms with van der Waals surface area (Å²) in [6, 6.07) is 10.1. The maximum atomic E-state index is 14.6. The molecule has 0 unspecified atom stereocenters. The molecule has 0 radical (unpaired) electrons. The summed E-state index contributed by atoms with van der Waals surface area (Å²) in [5, 5.41) is 6.44. The maximum absolute atomic E-state index is 14.6. The molecule has 54 heavy (non-hydrogen) atoms. The number of hydrogen-bond acceptors (Lipinski definition) is 11. The smallest absolute Gasteiger partial charge is 0.307 e. The van der Waals surface area contributed by atoms with E-state index in [2.05, 4.69) is 17.1 Å². The average molecular weight is 763 g/mol. The highest BCUT2D eigenvalue weighted by Crippen LogP contribution is 2.47. The van der Waals surface area contributed by atoms with Crippen molar-refractivity contribution in [2.45, 2.75) is 109 Å². The molecular formula is C40H50N4O9S. The molecular weight excluding hydrogens is 713 g/mol. The van der Waals surface area contributed by atoms with Crippen molar-refractivity contribution >= 4 is 44.5 Å². The Balaban J connectivity index is 1.33. The van der Waals surface area contributed by atoms with Crippen LogP contribution in [0.15, 0.2) is 53.6 Å². The van der Waals surface area contributed by atoms with Crippen LogP contribution in [0.3, 0.4) is 0 Å². The number of Topliss-reactive ketones (excluding diaryl/α,β-unsaturated/α-hetero) is 1. The quantitative estimate of drug-likeness (QED) is 0.180. The molecule has 0 bridgehead atoms. The van der Waals surface area contributed by atoms with Crippen LogP contribution in [0, 0.1) is 24.2 Å². The van der Waals surface area contributed by atoms with Gasteiger partial charge in [-0.3, -0.25) is 19.2 Å². The van der Waals surface area contributed by atoms with Gasteiger partial charge in [-0.15, -0.1) is 6.58 Å². The molecule has 290 valence electrons. The summed E-state index contributed by atoms with van der Waals surface area (Å²) >= 11 is 0. The molecule has 1 aromatic carbocycles. The summed E-state index contributed by atoms with van der Waals surface area (Å²) in [4.78, 5) is 62.0. The molecule has 2 aliphatic carbocycles. The Kier molecular flexibility index (Phi) is 10.3. The molecule has 5 atom stereocenters. The minimum Gasteiger partial charge on any atom is -0.484 e. The number of fused-ring (bicyclic) bond motifs is 1. The van der Waals surface area contributed by atoms with E-state index in [4.69, 9.17) is 19.0 Å². The fourth-order valence-corrected chi connectivity index (χ4v) is 8.89. The Labute approximate surface area is 316 Å². The third-order valence-corrected chi connectivity index (χ3v) is 12.6. The first-order valence-electron chi connectivity index (χ1n) is 18.4. The summed E-state index contributed by atoms with van der Waals surface area (Å²) in [7, 11) is -3.66. The normalized spacial score (nSPS) is 23.5. The number of sulfone groups is 1. The predicted molar refractivity (Wildman–Crippen MR) is 201 cm³/mol. The number of ether oxygens (including phenoxy) is 2. The van der Waals surface area contributed by atoms with Crippen LogP contribution in [0.4, 0.5) is 0 Å². The Bertz CT molecular complexity index is 2080. The maximum Gasteiger partial charge on any atom is 0.307 e. The van der Waals surface area contributed by atoms with Gasteiger partial charge in [0.25, 0.3) is 0 Å². The van der Waals surface area contributed by atoms with Gasteiger partial charge in [0, 0.05) is 24.0 Å². The van der Waals surface area contributed by atoms with Gasteiger partial charge >= 0.3 is 5.97 Å². The van der Waals surface area contributed by atoms with Crippen LogP contribution >= 0.6 is 0 Å². The number of amides is 2. The van der Waals surface area contributed by atoms with Crippen LogP contribution in [0.2, 0.25) is 0 Å². The van der Waals surface area contributed by atoms with Gasteiger partial charge in [0.2, 0.25) is 17.4 Å². The van der Waals surface area contributed by atoms with Crippen LogP contribution < -0.4 is 10.1 Å². The van der Waals surface area contributed by atoms with Crippen molar-refractivity contribution in [3.05, 3.63) is 54.7 Å². The zero-order valence-corrected chi connectivity index (χ0v) is 32.8. The molecule has 13 nitrogen and oxygen atoms in total. The Morgan fingerprint density at radius 1 is 1.11 bits per heavy atom. The topological polar surface area (TPSA) is 175 Å². The van der Waals surface area contributed by atoms with Gasteiger partial charge in [0.05, 0.1) is 29.8 Å². The number of rotatable bonds is 13. The van der Waals surface area contributed by atoms with Gasteiger partial charge in [-0.25, -0.2) is 13.4 Å². The van der Waals surface area contributed by atoms with Gasteiger partial charge in [-0.1, -0.05) is 62.3 Å². The third kappa shape index (κ3) is 8.23. The molecule has 3 heterocycles. The van der Waals surface area contributed by atoms with Crippen molar-refractivity contribution < 1.29 is 41.6 Å². The van der Waals surface area contributed by atoms with Crippen LogP contribution in [0.1, 0.15) is 79.3 Å². The number of hydrogen-bond donors (Lipinski definition) is 1. The van der Waals surface area contributed by atoms with Gasteiger partial charge in [-0.05, 0) is 52.4 Å². The van der Waals surface area contributed by atoms with E-state index in [-0.39, 0.29) is 25.8 Å². The largest absolute Gasteiger partial charge is 0.484 e. The zero-order chi connectivity index (χ0) is 39.4. The molecule has 1 saturated heterocycles. The van der Waals surface area contributed by atoms with E-state index in [0.29, 0.717) is 41.1 Å². The second-order valence-corrected chi connectivity index (χ2v) is 19.2.